The Labute approximate surface area is 236 Å². The van der Waals surface area contributed by atoms with Crippen LogP contribution in [0.1, 0.15) is 126 Å². The summed E-state index contributed by atoms with van der Waals surface area (Å²) in [5.74, 6) is 5.13. The molecule has 220 valence electrons. The SMILES string of the molecule is CC(C)CCC[C@@H](C)[C@H]1CC[C@H]2[C@@H]3CC=C4C[C@@H](O[P+](=O)O)CC[C@]4(C)[C@H]3CC[C@]12C.CCN(CC)CC. The van der Waals surface area contributed by atoms with E-state index in [9.17, 15) is 9.46 Å². The van der Waals surface area contributed by atoms with Crippen molar-refractivity contribution >= 4 is 8.25 Å². The number of allylic oxidation sites excluding steroid dienone is 1. The molecule has 1 unspecified atom stereocenters. The van der Waals surface area contributed by atoms with Crippen LogP contribution >= 0.6 is 8.25 Å². The van der Waals surface area contributed by atoms with Gasteiger partial charge in [-0.2, -0.15) is 0 Å². The molecule has 38 heavy (non-hydrogen) atoms. The summed E-state index contributed by atoms with van der Waals surface area (Å²) in [5, 5.41) is 0. The lowest BCUT2D eigenvalue weighted by atomic mass is 9.47. The lowest BCUT2D eigenvalue weighted by Gasteiger charge is -2.58. The van der Waals surface area contributed by atoms with E-state index < -0.39 is 8.25 Å². The van der Waals surface area contributed by atoms with Crippen molar-refractivity contribution in [3.8, 4) is 0 Å². The highest BCUT2D eigenvalue weighted by Gasteiger charge is 2.59. The van der Waals surface area contributed by atoms with Crippen molar-refractivity contribution in [2.24, 2.45) is 46.3 Å². The zero-order valence-corrected chi connectivity index (χ0v) is 27.1. The molecule has 9 atom stereocenters. The fourth-order valence-corrected chi connectivity index (χ4v) is 9.98. The van der Waals surface area contributed by atoms with Crippen LogP contribution < -0.4 is 0 Å². The van der Waals surface area contributed by atoms with Gasteiger partial charge in [0.2, 0.25) is 0 Å². The molecular weight excluding hydrogens is 489 g/mol. The number of hydrogen-bond acceptors (Lipinski definition) is 3. The number of nitrogens with zero attached hydrogens (tertiary/aromatic N) is 1. The lowest BCUT2D eigenvalue weighted by Crippen LogP contribution is -2.50. The summed E-state index contributed by atoms with van der Waals surface area (Å²) in [7, 11) is -2.49. The monoisotopic (exact) mass is 550 g/mol. The van der Waals surface area contributed by atoms with Crippen LogP contribution in [0.25, 0.3) is 0 Å². The van der Waals surface area contributed by atoms with Crippen LogP contribution in [-0.2, 0) is 9.09 Å². The molecule has 0 saturated heterocycles. The van der Waals surface area contributed by atoms with Gasteiger partial charge >= 0.3 is 8.25 Å². The summed E-state index contributed by atoms with van der Waals surface area (Å²) in [5.41, 5.74) is 2.35. The Kier molecular flexibility index (Phi) is 11.9. The molecule has 0 aromatic rings. The second-order valence-corrected chi connectivity index (χ2v) is 14.8. The molecule has 4 rings (SSSR count). The third-order valence-corrected chi connectivity index (χ3v) is 12.3. The molecule has 4 aliphatic rings. The summed E-state index contributed by atoms with van der Waals surface area (Å²) in [6.45, 7) is 22.6. The lowest BCUT2D eigenvalue weighted by molar-refractivity contribution is -0.0560. The molecule has 3 fully saturated rings. The van der Waals surface area contributed by atoms with Crippen molar-refractivity contribution in [3.63, 3.8) is 0 Å². The van der Waals surface area contributed by atoms with Gasteiger partial charge < -0.3 is 4.90 Å². The van der Waals surface area contributed by atoms with Crippen molar-refractivity contribution in [3.05, 3.63) is 11.6 Å². The van der Waals surface area contributed by atoms with Gasteiger partial charge in [0.15, 0.2) is 0 Å². The van der Waals surface area contributed by atoms with Gasteiger partial charge in [-0.25, -0.2) is 0 Å². The smallest absolute Gasteiger partial charge is 0.304 e. The first-order chi connectivity index (χ1) is 18.0. The molecule has 0 aliphatic heterocycles. The fourth-order valence-electron chi connectivity index (χ4n) is 9.54. The zero-order valence-electron chi connectivity index (χ0n) is 26.2. The van der Waals surface area contributed by atoms with E-state index in [2.05, 4.69) is 66.4 Å². The highest BCUT2D eigenvalue weighted by Crippen LogP contribution is 2.67. The molecule has 0 spiro atoms. The molecule has 4 aliphatic carbocycles. The van der Waals surface area contributed by atoms with E-state index in [1.54, 1.807) is 0 Å². The van der Waals surface area contributed by atoms with Crippen LogP contribution in [0.3, 0.4) is 0 Å². The van der Waals surface area contributed by atoms with Gasteiger partial charge in [-0.1, -0.05) is 86.3 Å². The molecule has 0 bridgehead atoms. The summed E-state index contributed by atoms with van der Waals surface area (Å²) < 4.78 is 16.5. The van der Waals surface area contributed by atoms with Crippen LogP contribution in [0.4, 0.5) is 0 Å². The Bertz CT molecular complexity index is 790. The summed E-state index contributed by atoms with van der Waals surface area (Å²) in [6, 6.07) is 0. The highest BCUT2D eigenvalue weighted by molar-refractivity contribution is 7.32. The van der Waals surface area contributed by atoms with Crippen molar-refractivity contribution in [2.75, 3.05) is 19.6 Å². The van der Waals surface area contributed by atoms with E-state index in [-0.39, 0.29) is 11.5 Å². The van der Waals surface area contributed by atoms with E-state index in [0.29, 0.717) is 5.41 Å². The normalized spacial score (nSPS) is 37.5. The van der Waals surface area contributed by atoms with Gasteiger partial charge in [0.25, 0.3) is 0 Å². The maximum absolute atomic E-state index is 11.2. The second-order valence-electron chi connectivity index (χ2n) is 14.1. The zero-order chi connectivity index (χ0) is 28.1. The van der Waals surface area contributed by atoms with Crippen LogP contribution in [-0.4, -0.2) is 35.5 Å². The summed E-state index contributed by atoms with van der Waals surface area (Å²) >= 11 is 0. The average Bonchev–Trinajstić information content (AvgIpc) is 3.22. The Balaban J connectivity index is 0.000000505. The van der Waals surface area contributed by atoms with E-state index in [1.165, 1.54) is 76.6 Å². The summed E-state index contributed by atoms with van der Waals surface area (Å²) in [4.78, 5) is 11.6. The Hall–Kier alpha value is -0.280. The van der Waals surface area contributed by atoms with E-state index in [1.807, 2.05) is 0 Å². The van der Waals surface area contributed by atoms with Gasteiger partial charge in [-0.05, 0) is 111 Å². The molecule has 3 saturated carbocycles. The fraction of sp³-hybridized carbons (Fsp3) is 0.939. The number of fused-ring (bicyclic) bond motifs is 5. The quantitative estimate of drug-likeness (QED) is 0.217. The highest BCUT2D eigenvalue weighted by atomic mass is 31.1. The molecule has 0 heterocycles. The van der Waals surface area contributed by atoms with Crippen molar-refractivity contribution in [2.45, 2.75) is 132 Å². The first kappa shape index (κ1) is 32.2. The Morgan fingerprint density at radius 1 is 1.00 bits per heavy atom. The minimum atomic E-state index is -2.49. The summed E-state index contributed by atoms with van der Waals surface area (Å²) in [6.07, 6.45) is 16.4. The van der Waals surface area contributed by atoms with E-state index in [0.717, 1.165) is 54.8 Å². The van der Waals surface area contributed by atoms with Crippen molar-refractivity contribution < 1.29 is 14.0 Å². The van der Waals surface area contributed by atoms with Gasteiger partial charge in [0.1, 0.15) is 6.10 Å². The molecule has 0 aromatic carbocycles. The Morgan fingerprint density at radius 3 is 2.26 bits per heavy atom. The molecular formula is C33H61NO3P+. The van der Waals surface area contributed by atoms with E-state index >= 15 is 0 Å². The molecule has 4 nitrogen and oxygen atoms in total. The van der Waals surface area contributed by atoms with Gasteiger partial charge in [-0.3, -0.25) is 0 Å². The Morgan fingerprint density at radius 2 is 1.68 bits per heavy atom. The third kappa shape index (κ3) is 7.13. The topological polar surface area (TPSA) is 49.8 Å². The van der Waals surface area contributed by atoms with Crippen LogP contribution in [0.15, 0.2) is 11.6 Å². The van der Waals surface area contributed by atoms with Crippen LogP contribution in [0.5, 0.6) is 0 Å². The maximum Gasteiger partial charge on any atom is 0.695 e. The van der Waals surface area contributed by atoms with Crippen molar-refractivity contribution in [1.82, 2.24) is 4.90 Å². The van der Waals surface area contributed by atoms with E-state index in [4.69, 9.17) is 4.52 Å². The maximum atomic E-state index is 11.2. The predicted octanol–water partition coefficient (Wildman–Crippen LogP) is 9.41. The average molecular weight is 551 g/mol. The largest absolute Gasteiger partial charge is 0.695 e. The predicted molar refractivity (Wildman–Crippen MR) is 161 cm³/mol. The molecule has 5 heteroatoms. The van der Waals surface area contributed by atoms with Gasteiger partial charge in [0.05, 0.1) is 0 Å². The number of hydrogen-bond donors (Lipinski definition) is 1. The number of rotatable bonds is 10. The van der Waals surface area contributed by atoms with Crippen LogP contribution in [0, 0.1) is 46.3 Å². The first-order valence-corrected chi connectivity index (χ1v) is 17.4. The van der Waals surface area contributed by atoms with Gasteiger partial charge in [-0.15, -0.1) is 9.42 Å². The molecule has 0 amide bonds. The first-order valence-electron chi connectivity index (χ1n) is 16.2. The second kappa shape index (κ2) is 14.1. The molecule has 0 aromatic heterocycles. The minimum Gasteiger partial charge on any atom is -0.304 e. The third-order valence-electron chi connectivity index (χ3n) is 11.8. The van der Waals surface area contributed by atoms with Crippen molar-refractivity contribution in [1.29, 1.82) is 0 Å². The minimum absolute atomic E-state index is 0.0686. The molecule has 1 N–H and O–H groups in total. The van der Waals surface area contributed by atoms with Crippen LogP contribution in [0.2, 0.25) is 0 Å². The standard InChI is InChI=1S/C27H45O3P.C6H15N/c1-18(2)7-6-8-19(3)23-11-12-24-22-10-9-20-17-21(30-31(28)29)13-15-26(20,4)25(22)14-16-27(23,24)5;1-4-7(5-2)6-3/h9,18-19,21-25H,6-8,10-17H2,1-5H3;4-6H2,1-3H3/p+1/t19-,21+,22+,23-,24+,25+,26+,27-;/m1./s1. The van der Waals surface area contributed by atoms with Gasteiger partial charge in [0, 0.05) is 11.0 Å². The molecule has 0 radical (unpaired) electrons.